The zero-order valence-electron chi connectivity index (χ0n) is 13.3. The van der Waals surface area contributed by atoms with Crippen molar-refractivity contribution in [3.63, 3.8) is 0 Å². The van der Waals surface area contributed by atoms with Crippen LogP contribution in [0.1, 0.15) is 22.0 Å². The maximum absolute atomic E-state index is 13.2. The molecule has 25 heavy (non-hydrogen) atoms. The number of thiophene rings is 1. The number of urea groups is 1. The first kappa shape index (κ1) is 17.1. The highest BCUT2D eigenvalue weighted by Gasteiger charge is 2.18. The largest absolute Gasteiger partial charge is 0.339 e. The molecule has 0 aliphatic rings. The predicted molar refractivity (Wildman–Crippen MR) is 95.5 cm³/mol. The third-order valence-electron chi connectivity index (χ3n) is 3.55. The molecule has 1 heterocycles. The molecule has 0 unspecified atom stereocenters. The fraction of sp³-hybridized carbons (Fsp3) is 0.105. The lowest BCUT2D eigenvalue weighted by atomic mass is 10.1. The Balaban J connectivity index is 1.62. The summed E-state index contributed by atoms with van der Waals surface area (Å²) >= 11 is 1.52. The Morgan fingerprint density at radius 2 is 1.80 bits per heavy atom. The summed E-state index contributed by atoms with van der Waals surface area (Å²) in [6.07, 6.45) is 0. The number of carbonyl (C=O) groups excluding carboxylic acids is 1. The van der Waals surface area contributed by atoms with E-state index in [-0.39, 0.29) is 18.5 Å². The van der Waals surface area contributed by atoms with Gasteiger partial charge in [-0.3, -0.25) is 4.84 Å². The first-order valence-corrected chi connectivity index (χ1v) is 8.61. The summed E-state index contributed by atoms with van der Waals surface area (Å²) in [4.78, 5) is 18.3. The molecule has 0 spiro atoms. The molecule has 128 valence electrons. The Hall–Kier alpha value is -2.70. The Kier molecular flexibility index (Phi) is 5.77. The number of rotatable bonds is 6. The fourth-order valence-electron chi connectivity index (χ4n) is 2.35. The topological polar surface area (TPSA) is 50.4 Å². The molecule has 0 radical (unpaired) electrons. The van der Waals surface area contributed by atoms with Crippen molar-refractivity contribution in [2.24, 2.45) is 0 Å². The highest BCUT2D eigenvalue weighted by atomic mass is 32.1. The predicted octanol–water partition coefficient (Wildman–Crippen LogP) is 4.41. The van der Waals surface area contributed by atoms with Crippen molar-refractivity contribution in [1.29, 1.82) is 0 Å². The summed E-state index contributed by atoms with van der Waals surface area (Å²) < 4.78 is 13.2. The van der Waals surface area contributed by atoms with Crippen LogP contribution in [0, 0.1) is 5.82 Å². The van der Waals surface area contributed by atoms with Crippen molar-refractivity contribution in [2.75, 3.05) is 0 Å². The average Bonchev–Trinajstić information content (AvgIpc) is 3.16. The van der Waals surface area contributed by atoms with Gasteiger partial charge in [-0.1, -0.05) is 48.5 Å². The second-order valence-corrected chi connectivity index (χ2v) is 6.33. The molecule has 1 aromatic heterocycles. The van der Waals surface area contributed by atoms with E-state index in [1.807, 2.05) is 47.8 Å². The number of nitrogens with one attached hydrogen (secondary N) is 2. The van der Waals surface area contributed by atoms with E-state index >= 15 is 0 Å². The van der Waals surface area contributed by atoms with Gasteiger partial charge in [0, 0.05) is 4.88 Å². The second-order valence-electron chi connectivity index (χ2n) is 5.35. The Labute approximate surface area is 149 Å². The highest BCUT2D eigenvalue weighted by molar-refractivity contribution is 7.10. The van der Waals surface area contributed by atoms with Gasteiger partial charge in [0.2, 0.25) is 0 Å². The summed E-state index contributed by atoms with van der Waals surface area (Å²) in [5.74, 6) is -0.315. The van der Waals surface area contributed by atoms with Crippen LogP contribution in [-0.4, -0.2) is 6.03 Å². The van der Waals surface area contributed by atoms with Crippen LogP contribution in [-0.2, 0) is 11.4 Å². The molecule has 0 fully saturated rings. The van der Waals surface area contributed by atoms with E-state index in [0.29, 0.717) is 0 Å². The molecule has 0 aliphatic carbocycles. The summed E-state index contributed by atoms with van der Waals surface area (Å²) in [7, 11) is 0. The van der Waals surface area contributed by atoms with E-state index in [4.69, 9.17) is 4.84 Å². The molecule has 0 saturated carbocycles. The molecule has 6 heteroatoms. The number of benzene rings is 2. The van der Waals surface area contributed by atoms with E-state index in [0.717, 1.165) is 16.0 Å². The van der Waals surface area contributed by atoms with Crippen LogP contribution in [0.4, 0.5) is 9.18 Å². The van der Waals surface area contributed by atoms with Crippen LogP contribution >= 0.6 is 11.3 Å². The molecule has 0 saturated heterocycles. The number of hydrogen-bond acceptors (Lipinski definition) is 3. The average molecular weight is 356 g/mol. The lowest BCUT2D eigenvalue weighted by Gasteiger charge is -2.18. The smallest absolute Gasteiger partial charge is 0.325 e. The van der Waals surface area contributed by atoms with Gasteiger partial charge in [0.1, 0.15) is 5.82 Å². The van der Waals surface area contributed by atoms with Crippen LogP contribution in [0.15, 0.2) is 72.1 Å². The van der Waals surface area contributed by atoms with Crippen molar-refractivity contribution in [2.45, 2.75) is 12.6 Å². The third-order valence-corrected chi connectivity index (χ3v) is 4.49. The van der Waals surface area contributed by atoms with Gasteiger partial charge in [0.05, 0.1) is 12.6 Å². The van der Waals surface area contributed by atoms with Gasteiger partial charge < -0.3 is 5.32 Å². The van der Waals surface area contributed by atoms with Crippen LogP contribution in [0.3, 0.4) is 0 Å². The third kappa shape index (κ3) is 4.89. The van der Waals surface area contributed by atoms with Crippen molar-refractivity contribution in [3.8, 4) is 0 Å². The molecule has 4 nitrogen and oxygen atoms in total. The standard InChI is InChI=1S/C19H17FN2O2S/c20-16-10-8-15(9-11-16)18(17-7-4-12-25-17)21-19(23)22-24-13-14-5-2-1-3-6-14/h1-12,18H,13H2,(H2,21,22,23)/t18-/m0/s1. The van der Waals surface area contributed by atoms with E-state index in [1.165, 1.54) is 23.5 Å². The normalized spacial score (nSPS) is 11.7. The summed E-state index contributed by atoms with van der Waals surface area (Å²) in [5.41, 5.74) is 4.13. The molecule has 2 N–H and O–H groups in total. The van der Waals surface area contributed by atoms with E-state index < -0.39 is 6.03 Å². The molecule has 0 aliphatic heterocycles. The second kappa shape index (κ2) is 8.41. The summed E-state index contributed by atoms with van der Waals surface area (Å²) in [6, 6.07) is 18.6. The quantitative estimate of drug-likeness (QED) is 0.643. The van der Waals surface area contributed by atoms with Crippen LogP contribution in [0.25, 0.3) is 0 Å². The van der Waals surface area contributed by atoms with Crippen LogP contribution in [0.2, 0.25) is 0 Å². The first-order valence-electron chi connectivity index (χ1n) is 7.73. The lowest BCUT2D eigenvalue weighted by molar-refractivity contribution is 0.0485. The van der Waals surface area contributed by atoms with Gasteiger partial charge in [0.15, 0.2) is 0 Å². The Morgan fingerprint density at radius 1 is 1.04 bits per heavy atom. The number of amides is 2. The van der Waals surface area contributed by atoms with Crippen molar-refractivity contribution in [1.82, 2.24) is 10.8 Å². The SMILES string of the molecule is O=C(NOCc1ccccc1)N[C@@H](c1ccc(F)cc1)c1cccs1. The number of hydrogen-bond donors (Lipinski definition) is 2. The molecular formula is C19H17FN2O2S. The van der Waals surface area contributed by atoms with Gasteiger partial charge in [0.25, 0.3) is 0 Å². The van der Waals surface area contributed by atoms with Crippen molar-refractivity contribution in [3.05, 3.63) is 93.9 Å². The fourth-order valence-corrected chi connectivity index (χ4v) is 3.15. The first-order chi connectivity index (χ1) is 12.2. The zero-order chi connectivity index (χ0) is 17.5. The molecule has 1 atom stereocenters. The maximum atomic E-state index is 13.2. The van der Waals surface area contributed by atoms with E-state index in [1.54, 1.807) is 12.1 Å². The summed E-state index contributed by atoms with van der Waals surface area (Å²) in [5, 5.41) is 4.78. The van der Waals surface area contributed by atoms with E-state index in [9.17, 15) is 9.18 Å². The lowest BCUT2D eigenvalue weighted by Crippen LogP contribution is -2.38. The van der Waals surface area contributed by atoms with E-state index in [2.05, 4.69) is 10.8 Å². The number of carbonyl (C=O) groups is 1. The van der Waals surface area contributed by atoms with Crippen molar-refractivity contribution >= 4 is 17.4 Å². The Bertz CT molecular complexity index is 792. The van der Waals surface area contributed by atoms with Crippen LogP contribution < -0.4 is 10.8 Å². The van der Waals surface area contributed by atoms with Gasteiger partial charge in [-0.2, -0.15) is 0 Å². The van der Waals surface area contributed by atoms with Gasteiger partial charge in [-0.15, -0.1) is 11.3 Å². The molecule has 3 aromatic rings. The minimum atomic E-state index is -0.460. The number of hydroxylamine groups is 1. The minimum Gasteiger partial charge on any atom is -0.325 e. The highest BCUT2D eigenvalue weighted by Crippen LogP contribution is 2.26. The Morgan fingerprint density at radius 3 is 2.48 bits per heavy atom. The monoisotopic (exact) mass is 356 g/mol. The zero-order valence-corrected chi connectivity index (χ0v) is 14.1. The molecule has 3 rings (SSSR count). The molecule has 2 aromatic carbocycles. The minimum absolute atomic E-state index is 0.272. The summed E-state index contributed by atoms with van der Waals surface area (Å²) in [6.45, 7) is 0.272. The van der Waals surface area contributed by atoms with Gasteiger partial charge >= 0.3 is 6.03 Å². The maximum Gasteiger partial charge on any atom is 0.339 e. The number of halogens is 1. The van der Waals surface area contributed by atoms with Gasteiger partial charge in [-0.05, 0) is 34.7 Å². The molecule has 2 amide bonds. The van der Waals surface area contributed by atoms with Crippen molar-refractivity contribution < 1.29 is 14.0 Å². The van der Waals surface area contributed by atoms with Crippen LogP contribution in [0.5, 0.6) is 0 Å². The molecular weight excluding hydrogens is 339 g/mol. The molecule has 0 bridgehead atoms. The van der Waals surface area contributed by atoms with Gasteiger partial charge in [-0.25, -0.2) is 14.7 Å².